The molecule has 96 valence electrons. The molecular weight excluding hydrogens is 249 g/mol. The normalized spacial score (nSPS) is 10.8. The summed E-state index contributed by atoms with van der Waals surface area (Å²) in [6, 6.07) is 4.51. The Morgan fingerprint density at radius 2 is 2.26 bits per heavy atom. The van der Waals surface area contributed by atoms with Crippen LogP contribution in [0.1, 0.15) is 5.56 Å². The van der Waals surface area contributed by atoms with Gasteiger partial charge in [0.25, 0.3) is 5.88 Å². The quantitative estimate of drug-likeness (QED) is 0.771. The van der Waals surface area contributed by atoms with Crippen LogP contribution < -0.4 is 10.5 Å². The summed E-state index contributed by atoms with van der Waals surface area (Å²) in [4.78, 5) is 4.07. The van der Waals surface area contributed by atoms with Gasteiger partial charge in [-0.2, -0.15) is 0 Å². The second-order valence-electron chi connectivity index (χ2n) is 3.82. The van der Waals surface area contributed by atoms with E-state index in [2.05, 4.69) is 15.2 Å². The fraction of sp³-hybridized carbons (Fsp3) is 0.0833. The van der Waals surface area contributed by atoms with Crippen LogP contribution in [0.2, 0.25) is 0 Å². The Labute approximate surface area is 107 Å². The van der Waals surface area contributed by atoms with Crippen LogP contribution in [0.4, 0.5) is 4.39 Å². The zero-order valence-corrected chi connectivity index (χ0v) is 9.82. The Bertz CT molecular complexity index is 727. The molecule has 0 saturated carbocycles. The van der Waals surface area contributed by atoms with Gasteiger partial charge in [-0.3, -0.25) is 4.40 Å². The van der Waals surface area contributed by atoms with E-state index in [1.54, 1.807) is 28.9 Å². The van der Waals surface area contributed by atoms with Crippen LogP contribution in [0.5, 0.6) is 11.6 Å². The van der Waals surface area contributed by atoms with Gasteiger partial charge in [0.2, 0.25) is 5.65 Å². The first-order valence-corrected chi connectivity index (χ1v) is 5.59. The van der Waals surface area contributed by atoms with Crippen LogP contribution in [0.25, 0.3) is 5.65 Å². The SMILES string of the molecule is NCc1c(F)cccc1Oc1nccn2cnnc12. The molecule has 0 saturated heterocycles. The summed E-state index contributed by atoms with van der Waals surface area (Å²) < 4.78 is 20.8. The van der Waals surface area contributed by atoms with Gasteiger partial charge in [0, 0.05) is 24.5 Å². The first-order valence-electron chi connectivity index (χ1n) is 5.59. The number of fused-ring (bicyclic) bond motifs is 1. The molecule has 0 unspecified atom stereocenters. The number of nitrogens with zero attached hydrogens (tertiary/aromatic N) is 4. The molecular formula is C12H10FN5O. The highest BCUT2D eigenvalue weighted by Crippen LogP contribution is 2.27. The monoisotopic (exact) mass is 259 g/mol. The van der Waals surface area contributed by atoms with Crippen molar-refractivity contribution < 1.29 is 9.13 Å². The van der Waals surface area contributed by atoms with Crippen molar-refractivity contribution in [2.75, 3.05) is 0 Å². The summed E-state index contributed by atoms with van der Waals surface area (Å²) in [5, 5.41) is 7.65. The Balaban J connectivity index is 2.06. The van der Waals surface area contributed by atoms with Crippen LogP contribution in [-0.2, 0) is 6.54 Å². The minimum absolute atomic E-state index is 0.0395. The van der Waals surface area contributed by atoms with E-state index in [1.165, 1.54) is 12.4 Å². The van der Waals surface area contributed by atoms with Gasteiger partial charge < -0.3 is 10.5 Å². The molecule has 0 fully saturated rings. The molecule has 0 aliphatic rings. The standard InChI is InChI=1S/C12H10FN5O/c13-9-2-1-3-10(8(9)6-14)19-12-11-17-16-7-18(11)5-4-15-12/h1-5,7H,6,14H2. The van der Waals surface area contributed by atoms with Crippen LogP contribution in [-0.4, -0.2) is 19.6 Å². The molecule has 2 heterocycles. The van der Waals surface area contributed by atoms with Crippen molar-refractivity contribution in [1.82, 2.24) is 19.6 Å². The number of hydrogen-bond donors (Lipinski definition) is 1. The van der Waals surface area contributed by atoms with Gasteiger partial charge in [0.05, 0.1) is 0 Å². The number of rotatable bonds is 3. The average molecular weight is 259 g/mol. The number of nitrogens with two attached hydrogens (primary N) is 1. The molecule has 0 aliphatic carbocycles. The van der Waals surface area contributed by atoms with E-state index in [0.717, 1.165) is 0 Å². The first-order chi connectivity index (χ1) is 9.29. The van der Waals surface area contributed by atoms with Crippen molar-refractivity contribution in [3.63, 3.8) is 0 Å². The van der Waals surface area contributed by atoms with Gasteiger partial charge in [-0.05, 0) is 12.1 Å². The molecule has 19 heavy (non-hydrogen) atoms. The lowest BCUT2D eigenvalue weighted by Crippen LogP contribution is -2.03. The van der Waals surface area contributed by atoms with Crippen LogP contribution >= 0.6 is 0 Å². The predicted octanol–water partition coefficient (Wildman–Crippen LogP) is 1.51. The highest BCUT2D eigenvalue weighted by molar-refractivity contribution is 5.50. The highest BCUT2D eigenvalue weighted by Gasteiger charge is 2.12. The zero-order chi connectivity index (χ0) is 13.2. The Kier molecular flexibility index (Phi) is 2.81. The highest BCUT2D eigenvalue weighted by atomic mass is 19.1. The second kappa shape index (κ2) is 4.62. The Morgan fingerprint density at radius 3 is 3.11 bits per heavy atom. The minimum Gasteiger partial charge on any atom is -0.435 e. The smallest absolute Gasteiger partial charge is 0.265 e. The van der Waals surface area contributed by atoms with E-state index in [1.807, 2.05) is 0 Å². The lowest BCUT2D eigenvalue weighted by molar-refractivity contribution is 0.451. The van der Waals surface area contributed by atoms with Gasteiger partial charge in [0.1, 0.15) is 17.9 Å². The summed E-state index contributed by atoms with van der Waals surface area (Å²) in [5.74, 6) is 0.166. The summed E-state index contributed by atoms with van der Waals surface area (Å²) in [7, 11) is 0. The molecule has 7 heteroatoms. The van der Waals surface area contributed by atoms with Gasteiger partial charge in [0.15, 0.2) is 0 Å². The van der Waals surface area contributed by atoms with E-state index in [4.69, 9.17) is 10.5 Å². The van der Waals surface area contributed by atoms with Gasteiger partial charge in [-0.25, -0.2) is 9.37 Å². The number of benzene rings is 1. The van der Waals surface area contributed by atoms with Crippen molar-refractivity contribution in [3.8, 4) is 11.6 Å². The van der Waals surface area contributed by atoms with Crippen molar-refractivity contribution in [2.24, 2.45) is 5.73 Å². The van der Waals surface area contributed by atoms with Crippen molar-refractivity contribution in [2.45, 2.75) is 6.54 Å². The second-order valence-corrected chi connectivity index (χ2v) is 3.82. The van der Waals surface area contributed by atoms with E-state index < -0.39 is 5.82 Å². The molecule has 0 spiro atoms. The molecule has 2 aromatic heterocycles. The van der Waals surface area contributed by atoms with E-state index in [9.17, 15) is 4.39 Å². The fourth-order valence-corrected chi connectivity index (χ4v) is 1.74. The third-order valence-corrected chi connectivity index (χ3v) is 2.67. The summed E-state index contributed by atoms with van der Waals surface area (Å²) in [6.07, 6.45) is 4.77. The van der Waals surface area contributed by atoms with Gasteiger partial charge in [-0.1, -0.05) is 6.07 Å². The average Bonchev–Trinajstić information content (AvgIpc) is 2.88. The maximum absolute atomic E-state index is 13.6. The summed E-state index contributed by atoms with van der Waals surface area (Å²) >= 11 is 0. The largest absolute Gasteiger partial charge is 0.435 e. The third kappa shape index (κ3) is 2.00. The lowest BCUT2D eigenvalue weighted by Gasteiger charge is -2.09. The Hall–Kier alpha value is -2.54. The molecule has 0 amide bonds. The van der Waals surface area contributed by atoms with Crippen LogP contribution in [0.3, 0.4) is 0 Å². The molecule has 2 N–H and O–H groups in total. The topological polar surface area (TPSA) is 78.3 Å². The molecule has 3 rings (SSSR count). The van der Waals surface area contributed by atoms with E-state index >= 15 is 0 Å². The Morgan fingerprint density at radius 1 is 1.37 bits per heavy atom. The maximum atomic E-state index is 13.6. The molecule has 6 nitrogen and oxygen atoms in total. The van der Waals surface area contributed by atoms with Gasteiger partial charge >= 0.3 is 0 Å². The number of hydrogen-bond acceptors (Lipinski definition) is 5. The van der Waals surface area contributed by atoms with Crippen molar-refractivity contribution >= 4 is 5.65 Å². The lowest BCUT2D eigenvalue weighted by atomic mass is 10.2. The molecule has 0 aliphatic heterocycles. The summed E-state index contributed by atoms with van der Waals surface area (Å²) in [5.41, 5.74) is 6.27. The molecule has 0 atom stereocenters. The number of aromatic nitrogens is 4. The van der Waals surface area contributed by atoms with Crippen LogP contribution in [0, 0.1) is 5.82 Å². The first kappa shape index (κ1) is 11.5. The summed E-state index contributed by atoms with van der Waals surface area (Å²) in [6.45, 7) is 0.0395. The molecule has 1 aromatic carbocycles. The van der Waals surface area contributed by atoms with E-state index in [-0.39, 0.29) is 12.4 Å². The van der Waals surface area contributed by atoms with Crippen molar-refractivity contribution in [1.29, 1.82) is 0 Å². The maximum Gasteiger partial charge on any atom is 0.265 e. The van der Waals surface area contributed by atoms with E-state index in [0.29, 0.717) is 17.0 Å². The molecule has 0 bridgehead atoms. The minimum atomic E-state index is -0.409. The number of ether oxygens (including phenoxy) is 1. The third-order valence-electron chi connectivity index (χ3n) is 2.67. The molecule has 3 aromatic rings. The van der Waals surface area contributed by atoms with Crippen molar-refractivity contribution in [3.05, 3.63) is 48.3 Å². The number of halogens is 1. The predicted molar refractivity (Wildman–Crippen MR) is 65.1 cm³/mol. The van der Waals surface area contributed by atoms with Crippen LogP contribution in [0.15, 0.2) is 36.9 Å². The van der Waals surface area contributed by atoms with Gasteiger partial charge in [-0.15, -0.1) is 10.2 Å². The zero-order valence-electron chi connectivity index (χ0n) is 9.82. The fourth-order valence-electron chi connectivity index (χ4n) is 1.74. The molecule has 0 radical (unpaired) electrons.